The molecule has 0 spiro atoms. The van der Waals surface area contributed by atoms with Gasteiger partial charge in [-0.15, -0.1) is 0 Å². The number of rotatable bonds is 3. The van der Waals surface area contributed by atoms with Gasteiger partial charge in [-0.05, 0) is 301 Å². The first-order valence-electron chi connectivity index (χ1n) is 37.8. The molecule has 0 heterocycles. The maximum absolute atomic E-state index is 2.49. The van der Waals surface area contributed by atoms with Gasteiger partial charge in [-0.1, -0.05) is 200 Å². The molecule has 0 nitrogen and oxygen atoms in total. The van der Waals surface area contributed by atoms with Crippen LogP contribution in [0.15, 0.2) is 0 Å². The van der Waals surface area contributed by atoms with Crippen LogP contribution in [-0.2, 0) is 0 Å². The van der Waals surface area contributed by atoms with Gasteiger partial charge in [0.25, 0.3) is 0 Å². The van der Waals surface area contributed by atoms with Gasteiger partial charge in [0.05, 0.1) is 0 Å². The van der Waals surface area contributed by atoms with Crippen molar-refractivity contribution in [2.45, 2.75) is 354 Å². The van der Waals surface area contributed by atoms with Crippen LogP contribution in [0.5, 0.6) is 0 Å². The molecule has 12 unspecified atom stereocenters. The van der Waals surface area contributed by atoms with Crippen LogP contribution in [0.3, 0.4) is 0 Å². The maximum atomic E-state index is 2.49. The summed E-state index contributed by atoms with van der Waals surface area (Å²) in [6.07, 6.45) is 61.0. The van der Waals surface area contributed by atoms with Gasteiger partial charge in [0.15, 0.2) is 0 Å². The standard InChI is InChI=1S/2C10H18.4C9H16.C8H14.C8H16.C7H14/c1-7-8-4-5-9(6-8)10(7,2)3;1-8-7-9-3-5-10(8,2)6-4-9;1-7-5-8-3-4-9(7,2)6-8;1-6-7(2)9-4-3-8(6)5-9;1-7-6-8-2-4-9(7)5-3-8;1-2-8-5-7-3-4-9(8)6-7;1-6-4-7-2-3-8(6)5-7;1-2-8-6-4-3-5-7-8;1-2-7-5-3-4-6-7/h7-9H,4-6H2,1-3H3;8-9H,3-7H2,1-2H3;7-8H,3-6H2,1-2H3;6-9H,3-5H2,1-2H3;2*7-9H,2-6H2,1H3;6-8H,2-5H2,1H3;8H,2-7H2,1H3;7H,2-6H2,1H3/t7-,8?,9?;8-,9?,10?;7-,8?,9?;6-,7?,8?,9?;7-,8?,9?;;6-,7?,8?;;/m10000.0../s1. The first-order valence-corrected chi connectivity index (χ1v) is 37.8. The molecule has 0 amide bonds. The van der Waals surface area contributed by atoms with E-state index in [0.29, 0.717) is 5.41 Å². The Kier molecular flexibility index (Phi) is 24.7. The van der Waals surface area contributed by atoms with Crippen molar-refractivity contribution >= 4 is 0 Å². The quantitative estimate of drug-likeness (QED) is 0.264. The molecule has 18 atom stereocenters. The van der Waals surface area contributed by atoms with E-state index in [2.05, 4.69) is 96.9 Å². The Labute approximate surface area is 497 Å². The number of hydrogen-bond acceptors (Lipinski definition) is 0. The lowest BCUT2D eigenvalue weighted by atomic mass is 9.57. The summed E-state index contributed by atoms with van der Waals surface area (Å²) in [5.41, 5.74) is 2.18. The maximum Gasteiger partial charge on any atom is -0.0297 e. The molecule has 0 aromatic heterocycles. The average molecular weight is 1090 g/mol. The third-order valence-corrected chi connectivity index (χ3v) is 30.4. The second kappa shape index (κ2) is 30.1. The predicted molar refractivity (Wildman–Crippen MR) is 348 cm³/mol. The van der Waals surface area contributed by atoms with E-state index in [1.807, 2.05) is 0 Å². The lowest BCUT2D eigenvalue weighted by molar-refractivity contribution is 0.0209. The van der Waals surface area contributed by atoms with Crippen molar-refractivity contribution in [3.63, 3.8) is 0 Å². The van der Waals surface area contributed by atoms with Gasteiger partial charge in [0.1, 0.15) is 0 Å². The topological polar surface area (TPSA) is 0 Å². The third kappa shape index (κ3) is 17.2. The minimum atomic E-state index is 0.670. The monoisotopic (exact) mass is 1090 g/mol. The fraction of sp³-hybridized carbons (Fsp3) is 1.00. The minimum Gasteiger partial charge on any atom is -0.0651 e. The van der Waals surface area contributed by atoms with Crippen molar-refractivity contribution in [3.05, 3.63) is 0 Å². The fourth-order valence-corrected chi connectivity index (χ4v) is 22.8. The molecule has 18 aliphatic carbocycles. The Morgan fingerprint density at radius 1 is 0.316 bits per heavy atom. The summed E-state index contributed by atoms with van der Waals surface area (Å²) in [6, 6.07) is 0. The number of hydrogen-bond donors (Lipinski definition) is 0. The highest BCUT2D eigenvalue weighted by Crippen LogP contribution is 2.60. The first kappa shape index (κ1) is 65.0. The molecule has 18 rings (SSSR count). The first-order chi connectivity index (χ1) is 37.8. The van der Waals surface area contributed by atoms with Gasteiger partial charge in [0, 0.05) is 0 Å². The van der Waals surface area contributed by atoms with Crippen LogP contribution in [0.4, 0.5) is 0 Å². The molecule has 0 N–H and O–H groups in total. The molecular formula is C79H144. The van der Waals surface area contributed by atoms with Crippen molar-refractivity contribution in [3.8, 4) is 0 Å². The Bertz CT molecular complexity index is 1660. The molecule has 18 aliphatic rings. The summed E-state index contributed by atoms with van der Waals surface area (Å²) >= 11 is 0. The molecule has 0 aliphatic heterocycles. The van der Waals surface area contributed by atoms with Crippen molar-refractivity contribution in [2.24, 2.45) is 146 Å². The SMILES string of the molecule is CC1C2CCC(C2)[C@H]1C.CCC1CC2CCC1C2.CCC1CCCC1.CCC1CCCCC1.C[C@@H]1C2CCC(C2)C1(C)C.C[C@H]1CC2CCC1(C)C2.C[C@H]1CC2CCC1(C)CC2.C[C@H]1CC2CCC1C2.C[C@H]1CC2CCC1CC2. The van der Waals surface area contributed by atoms with E-state index in [4.69, 9.17) is 0 Å². The summed E-state index contributed by atoms with van der Waals surface area (Å²) < 4.78 is 0. The molecule has 0 heteroatoms. The molecule has 0 saturated heterocycles. The molecule has 0 aromatic carbocycles. The predicted octanol–water partition coefficient (Wildman–Crippen LogP) is 25.5. The van der Waals surface area contributed by atoms with Crippen LogP contribution in [-0.4, -0.2) is 0 Å². The summed E-state index contributed by atoms with van der Waals surface area (Å²) in [5, 5.41) is 0. The smallest absolute Gasteiger partial charge is 0.0297 e. The summed E-state index contributed by atoms with van der Waals surface area (Å²) in [4.78, 5) is 0. The Balaban J connectivity index is 0.000000117. The molecule has 18 fully saturated rings. The average Bonchev–Trinajstić information content (AvgIpc) is 4.43. The zero-order chi connectivity index (χ0) is 56.5. The van der Waals surface area contributed by atoms with Crippen molar-refractivity contribution in [1.29, 1.82) is 0 Å². The highest BCUT2D eigenvalue weighted by atomic mass is 14.6. The highest BCUT2D eigenvalue weighted by molar-refractivity contribution is 5.00. The summed E-state index contributed by atoms with van der Waals surface area (Å²) in [7, 11) is 0. The Hall–Kier alpha value is 0. The van der Waals surface area contributed by atoms with Gasteiger partial charge in [-0.25, -0.2) is 0 Å². The van der Waals surface area contributed by atoms with Crippen LogP contribution in [0.2, 0.25) is 0 Å². The molecule has 0 radical (unpaired) electrons. The van der Waals surface area contributed by atoms with Crippen LogP contribution >= 0.6 is 0 Å². The van der Waals surface area contributed by atoms with Gasteiger partial charge in [-0.3, -0.25) is 0 Å². The summed E-state index contributed by atoms with van der Waals surface area (Å²) in [6.45, 7) is 33.9. The van der Waals surface area contributed by atoms with E-state index in [1.165, 1.54) is 167 Å². The van der Waals surface area contributed by atoms with Crippen LogP contribution in [0.1, 0.15) is 354 Å². The van der Waals surface area contributed by atoms with Gasteiger partial charge >= 0.3 is 0 Å². The molecule has 79 heavy (non-hydrogen) atoms. The molecular weight excluding hydrogens is 949 g/mol. The molecule has 14 bridgehead atoms. The Morgan fingerprint density at radius 3 is 1.01 bits per heavy atom. The highest BCUT2D eigenvalue weighted by Gasteiger charge is 2.50. The van der Waals surface area contributed by atoms with Crippen molar-refractivity contribution in [1.82, 2.24) is 0 Å². The van der Waals surface area contributed by atoms with Gasteiger partial charge in [0.2, 0.25) is 0 Å². The Morgan fingerprint density at radius 2 is 0.759 bits per heavy atom. The van der Waals surface area contributed by atoms with Crippen LogP contribution < -0.4 is 0 Å². The lowest BCUT2D eigenvalue weighted by Crippen LogP contribution is -2.38. The normalized spacial score (nSPS) is 47.0. The molecule has 460 valence electrons. The minimum absolute atomic E-state index is 0.670. The molecule has 18 saturated carbocycles. The number of fused-ring (bicyclic) bond motifs is 16. The van der Waals surface area contributed by atoms with Crippen molar-refractivity contribution in [2.75, 3.05) is 0 Å². The second-order valence-corrected chi connectivity index (χ2v) is 35.0. The molecule has 0 aromatic rings. The van der Waals surface area contributed by atoms with E-state index in [9.17, 15) is 0 Å². The fourth-order valence-electron chi connectivity index (χ4n) is 22.8. The largest absolute Gasteiger partial charge is 0.0651 e. The zero-order valence-corrected chi connectivity index (χ0v) is 56.5. The van der Waals surface area contributed by atoms with Crippen molar-refractivity contribution < 1.29 is 0 Å². The summed E-state index contributed by atoms with van der Waals surface area (Å²) in [5.74, 6) is 24.0. The van der Waals surface area contributed by atoms with Crippen LogP contribution in [0.25, 0.3) is 0 Å². The van der Waals surface area contributed by atoms with Gasteiger partial charge < -0.3 is 0 Å². The van der Waals surface area contributed by atoms with E-state index in [0.717, 1.165) is 141 Å². The zero-order valence-electron chi connectivity index (χ0n) is 56.5. The van der Waals surface area contributed by atoms with E-state index < -0.39 is 0 Å². The van der Waals surface area contributed by atoms with Crippen LogP contribution in [0, 0.1) is 146 Å². The van der Waals surface area contributed by atoms with Gasteiger partial charge in [-0.2, -0.15) is 0 Å². The van der Waals surface area contributed by atoms with E-state index >= 15 is 0 Å². The third-order valence-electron chi connectivity index (χ3n) is 30.4. The lowest BCUT2D eigenvalue weighted by Gasteiger charge is -2.49. The second-order valence-electron chi connectivity index (χ2n) is 35.0. The van der Waals surface area contributed by atoms with E-state index in [1.54, 1.807) is 89.9 Å². The van der Waals surface area contributed by atoms with E-state index in [-0.39, 0.29) is 0 Å².